The van der Waals surface area contributed by atoms with Crippen molar-refractivity contribution in [3.8, 4) is 5.75 Å². The summed E-state index contributed by atoms with van der Waals surface area (Å²) in [7, 11) is 0. The summed E-state index contributed by atoms with van der Waals surface area (Å²) < 4.78 is 5.84. The van der Waals surface area contributed by atoms with Crippen LogP contribution in [0.2, 0.25) is 0 Å². The van der Waals surface area contributed by atoms with E-state index in [4.69, 9.17) is 4.74 Å². The summed E-state index contributed by atoms with van der Waals surface area (Å²) in [6, 6.07) is 16.4. The van der Waals surface area contributed by atoms with E-state index >= 15 is 0 Å². The van der Waals surface area contributed by atoms with Crippen molar-refractivity contribution in [2.75, 3.05) is 0 Å². The molecule has 3 nitrogen and oxygen atoms in total. The molecule has 2 N–H and O–H groups in total. The molecule has 0 radical (unpaired) electrons. The van der Waals surface area contributed by atoms with Crippen molar-refractivity contribution in [3.63, 3.8) is 0 Å². The minimum absolute atomic E-state index is 0.0573. The van der Waals surface area contributed by atoms with Crippen LogP contribution in [0.4, 0.5) is 0 Å². The Balaban J connectivity index is 1.72. The first kappa shape index (κ1) is 13.2. The quantitative estimate of drug-likeness (QED) is 0.833. The molecule has 1 aliphatic carbocycles. The Bertz CT molecular complexity index is 568. The number of rotatable bonds is 4. The molecule has 0 amide bonds. The highest BCUT2D eigenvalue weighted by molar-refractivity contribution is 5.39. The molecular formula is C17H19NO2. The van der Waals surface area contributed by atoms with Gasteiger partial charge in [-0.3, -0.25) is 0 Å². The monoisotopic (exact) mass is 269 g/mol. The van der Waals surface area contributed by atoms with Gasteiger partial charge in [-0.25, -0.2) is 0 Å². The molecule has 0 spiro atoms. The fourth-order valence-electron chi connectivity index (χ4n) is 2.76. The Morgan fingerprint density at radius 2 is 2.00 bits per heavy atom. The first-order chi connectivity index (χ1) is 9.86. The van der Waals surface area contributed by atoms with E-state index < -0.39 is 0 Å². The zero-order chi connectivity index (χ0) is 13.8. The maximum Gasteiger partial charge on any atom is 0.120 e. The summed E-state index contributed by atoms with van der Waals surface area (Å²) in [5.74, 6) is 0.895. The van der Waals surface area contributed by atoms with E-state index in [1.54, 1.807) is 0 Å². The molecule has 1 aliphatic rings. The van der Waals surface area contributed by atoms with Crippen molar-refractivity contribution >= 4 is 0 Å². The largest absolute Gasteiger partial charge is 0.489 e. The van der Waals surface area contributed by atoms with Gasteiger partial charge in [-0.15, -0.1) is 0 Å². The summed E-state index contributed by atoms with van der Waals surface area (Å²) in [4.78, 5) is 0. The van der Waals surface area contributed by atoms with E-state index in [0.29, 0.717) is 6.61 Å². The Morgan fingerprint density at radius 3 is 2.80 bits per heavy atom. The van der Waals surface area contributed by atoms with Crippen LogP contribution in [0.1, 0.15) is 35.6 Å². The minimum atomic E-state index is 0.0573. The number of fused-ring (bicyclic) bond motifs is 1. The van der Waals surface area contributed by atoms with E-state index in [9.17, 15) is 5.21 Å². The highest BCUT2D eigenvalue weighted by Gasteiger charge is 2.19. The molecular weight excluding hydrogens is 250 g/mol. The van der Waals surface area contributed by atoms with Crippen molar-refractivity contribution < 1.29 is 9.94 Å². The van der Waals surface area contributed by atoms with Gasteiger partial charge in [0.2, 0.25) is 0 Å². The number of nitrogens with one attached hydrogen (secondary N) is 1. The topological polar surface area (TPSA) is 41.5 Å². The number of aryl methyl sites for hydroxylation is 1. The van der Waals surface area contributed by atoms with Crippen molar-refractivity contribution in [1.29, 1.82) is 0 Å². The van der Waals surface area contributed by atoms with Crippen LogP contribution in [0.5, 0.6) is 5.75 Å². The predicted molar refractivity (Wildman–Crippen MR) is 77.8 cm³/mol. The molecule has 0 saturated carbocycles. The van der Waals surface area contributed by atoms with Gasteiger partial charge in [-0.05, 0) is 48.1 Å². The molecule has 0 heterocycles. The molecule has 0 fully saturated rings. The molecule has 104 valence electrons. The standard InChI is InChI=1S/C17H19NO2/c19-18-17-8-4-7-14-11-15(9-10-16(14)17)20-12-13-5-2-1-3-6-13/h1-3,5-6,9-11,17-19H,4,7-8,12H2. The molecule has 1 unspecified atom stereocenters. The van der Waals surface area contributed by atoms with Crippen LogP contribution in [0.3, 0.4) is 0 Å². The average molecular weight is 269 g/mol. The van der Waals surface area contributed by atoms with E-state index in [0.717, 1.165) is 25.0 Å². The first-order valence-electron chi connectivity index (χ1n) is 7.06. The van der Waals surface area contributed by atoms with Crippen LogP contribution >= 0.6 is 0 Å². The molecule has 1 atom stereocenters. The second-order valence-corrected chi connectivity index (χ2v) is 5.21. The van der Waals surface area contributed by atoms with Gasteiger partial charge in [-0.2, -0.15) is 5.48 Å². The number of ether oxygens (including phenoxy) is 1. The number of hydroxylamine groups is 1. The summed E-state index contributed by atoms with van der Waals surface area (Å²) in [6.45, 7) is 0.585. The van der Waals surface area contributed by atoms with Gasteiger partial charge in [0.1, 0.15) is 12.4 Å². The molecule has 0 aromatic heterocycles. The third kappa shape index (κ3) is 2.84. The third-order valence-corrected chi connectivity index (χ3v) is 3.83. The molecule has 0 saturated heterocycles. The number of hydrogen-bond acceptors (Lipinski definition) is 3. The van der Waals surface area contributed by atoms with Gasteiger partial charge in [0, 0.05) is 0 Å². The van der Waals surface area contributed by atoms with Crippen molar-refractivity contribution in [2.45, 2.75) is 31.9 Å². The van der Waals surface area contributed by atoms with Gasteiger partial charge < -0.3 is 9.94 Å². The van der Waals surface area contributed by atoms with Gasteiger partial charge in [0.05, 0.1) is 6.04 Å². The van der Waals surface area contributed by atoms with Crippen LogP contribution in [0, 0.1) is 0 Å². The maximum atomic E-state index is 9.18. The van der Waals surface area contributed by atoms with Crippen LogP contribution in [0.25, 0.3) is 0 Å². The Hall–Kier alpha value is -1.84. The number of hydrogen-bond donors (Lipinski definition) is 2. The van der Waals surface area contributed by atoms with Crippen LogP contribution in [-0.2, 0) is 13.0 Å². The SMILES string of the molecule is ONC1CCCc2cc(OCc3ccccc3)ccc21. The van der Waals surface area contributed by atoms with Gasteiger partial charge in [0.25, 0.3) is 0 Å². The fourth-order valence-corrected chi connectivity index (χ4v) is 2.76. The Labute approximate surface area is 119 Å². The fraction of sp³-hybridized carbons (Fsp3) is 0.294. The van der Waals surface area contributed by atoms with Crippen LogP contribution in [-0.4, -0.2) is 5.21 Å². The first-order valence-corrected chi connectivity index (χ1v) is 7.06. The van der Waals surface area contributed by atoms with Gasteiger partial charge >= 0.3 is 0 Å². The number of benzene rings is 2. The van der Waals surface area contributed by atoms with E-state index in [1.165, 1.54) is 16.7 Å². The zero-order valence-corrected chi connectivity index (χ0v) is 11.4. The molecule has 2 aromatic carbocycles. The van der Waals surface area contributed by atoms with Crippen molar-refractivity contribution in [3.05, 3.63) is 65.2 Å². The third-order valence-electron chi connectivity index (χ3n) is 3.83. The lowest BCUT2D eigenvalue weighted by molar-refractivity contribution is 0.117. The van der Waals surface area contributed by atoms with E-state index in [1.807, 2.05) is 24.3 Å². The molecule has 2 aromatic rings. The predicted octanol–water partition coefficient (Wildman–Crippen LogP) is 3.62. The Morgan fingerprint density at radius 1 is 1.15 bits per heavy atom. The second kappa shape index (κ2) is 6.07. The van der Waals surface area contributed by atoms with Gasteiger partial charge in [0.15, 0.2) is 0 Å². The lowest BCUT2D eigenvalue weighted by Crippen LogP contribution is -2.22. The summed E-state index contributed by atoms with van der Waals surface area (Å²) >= 11 is 0. The minimum Gasteiger partial charge on any atom is -0.489 e. The van der Waals surface area contributed by atoms with E-state index in [-0.39, 0.29) is 6.04 Å². The second-order valence-electron chi connectivity index (χ2n) is 5.21. The van der Waals surface area contributed by atoms with Crippen LogP contribution < -0.4 is 10.2 Å². The lowest BCUT2D eigenvalue weighted by atomic mass is 9.88. The molecule has 20 heavy (non-hydrogen) atoms. The molecule has 0 bridgehead atoms. The lowest BCUT2D eigenvalue weighted by Gasteiger charge is -2.24. The summed E-state index contributed by atoms with van der Waals surface area (Å²) in [5, 5.41) is 9.18. The maximum absolute atomic E-state index is 9.18. The molecule has 3 rings (SSSR count). The molecule has 3 heteroatoms. The normalized spacial score (nSPS) is 17.6. The summed E-state index contributed by atoms with van der Waals surface area (Å²) in [6.07, 6.45) is 3.12. The van der Waals surface area contributed by atoms with Crippen molar-refractivity contribution in [1.82, 2.24) is 5.48 Å². The Kier molecular flexibility index (Phi) is 4.00. The van der Waals surface area contributed by atoms with Crippen LogP contribution in [0.15, 0.2) is 48.5 Å². The average Bonchev–Trinajstić information content (AvgIpc) is 2.53. The van der Waals surface area contributed by atoms with E-state index in [2.05, 4.69) is 29.7 Å². The zero-order valence-electron chi connectivity index (χ0n) is 11.4. The highest BCUT2D eigenvalue weighted by Crippen LogP contribution is 2.32. The smallest absolute Gasteiger partial charge is 0.120 e. The van der Waals surface area contributed by atoms with Crippen molar-refractivity contribution in [2.24, 2.45) is 0 Å². The highest BCUT2D eigenvalue weighted by atomic mass is 16.5. The van der Waals surface area contributed by atoms with Gasteiger partial charge in [-0.1, -0.05) is 36.4 Å². The molecule has 0 aliphatic heterocycles. The summed E-state index contributed by atoms with van der Waals surface area (Å²) in [5.41, 5.74) is 6.02.